The van der Waals surface area contributed by atoms with Crippen molar-refractivity contribution < 1.29 is 9.90 Å². The lowest BCUT2D eigenvalue weighted by molar-refractivity contribution is -0.131. The van der Waals surface area contributed by atoms with Gasteiger partial charge < -0.3 is 5.11 Å². The highest BCUT2D eigenvalue weighted by atomic mass is 32.2. The third-order valence-electron chi connectivity index (χ3n) is 1.53. The van der Waals surface area contributed by atoms with Gasteiger partial charge in [0, 0.05) is 0 Å². The Labute approximate surface area is 81.3 Å². The Hall–Kier alpha value is -1.22. The fourth-order valence-electron chi connectivity index (χ4n) is 0.909. The van der Waals surface area contributed by atoms with Crippen molar-refractivity contribution in [3.63, 3.8) is 0 Å². The first-order valence-corrected chi connectivity index (χ1v) is 5.00. The summed E-state index contributed by atoms with van der Waals surface area (Å²) in [4.78, 5) is 11.0. The smallest absolute Gasteiger partial charge is 0.342 e. The maximum absolute atomic E-state index is 10.6. The number of carbonyl (C=O) groups is 1. The minimum atomic E-state index is -0.878. The Morgan fingerprint density at radius 1 is 1.38 bits per heavy atom. The molecule has 0 saturated carbocycles. The maximum atomic E-state index is 10.6. The van der Waals surface area contributed by atoms with E-state index in [4.69, 9.17) is 5.11 Å². The lowest BCUT2D eigenvalue weighted by atomic mass is 10.2. The van der Waals surface area contributed by atoms with Gasteiger partial charge in [0.05, 0.1) is 4.91 Å². The van der Waals surface area contributed by atoms with Gasteiger partial charge in [-0.2, -0.15) is 0 Å². The molecule has 3 heteroatoms. The van der Waals surface area contributed by atoms with Crippen LogP contribution in [0.15, 0.2) is 35.2 Å². The molecule has 1 aromatic carbocycles. The molecule has 0 aromatic heterocycles. The van der Waals surface area contributed by atoms with Gasteiger partial charge in [-0.25, -0.2) is 4.79 Å². The maximum Gasteiger partial charge on any atom is 0.342 e. The first-order chi connectivity index (χ1) is 6.24. The molecule has 0 atom stereocenters. The van der Waals surface area contributed by atoms with Gasteiger partial charge in [-0.1, -0.05) is 30.3 Å². The van der Waals surface area contributed by atoms with Gasteiger partial charge in [-0.05, 0) is 17.9 Å². The molecule has 13 heavy (non-hydrogen) atoms. The predicted octanol–water partition coefficient (Wildman–Crippen LogP) is 2.48. The van der Waals surface area contributed by atoms with Crippen LogP contribution in [-0.4, -0.2) is 17.3 Å². The Morgan fingerprint density at radius 3 is 2.46 bits per heavy atom. The number of thioether (sulfide) groups is 1. The first-order valence-electron chi connectivity index (χ1n) is 3.78. The average Bonchev–Trinajstić information content (AvgIpc) is 2.15. The van der Waals surface area contributed by atoms with Gasteiger partial charge in [-0.3, -0.25) is 0 Å². The van der Waals surface area contributed by atoms with Crippen molar-refractivity contribution in [2.75, 3.05) is 6.26 Å². The average molecular weight is 194 g/mol. The summed E-state index contributed by atoms with van der Waals surface area (Å²) in [5.74, 6) is -0.878. The molecule has 0 unspecified atom stereocenters. The highest BCUT2D eigenvalue weighted by molar-refractivity contribution is 8.03. The number of aliphatic carboxylic acids is 1. The summed E-state index contributed by atoms with van der Waals surface area (Å²) in [7, 11) is 0. The fraction of sp³-hybridized carbons (Fsp3) is 0.100. The van der Waals surface area contributed by atoms with E-state index in [0.29, 0.717) is 4.91 Å². The van der Waals surface area contributed by atoms with Crippen molar-refractivity contribution in [1.29, 1.82) is 0 Å². The summed E-state index contributed by atoms with van der Waals surface area (Å²) in [6, 6.07) is 9.41. The van der Waals surface area contributed by atoms with Crippen LogP contribution < -0.4 is 0 Å². The molecule has 68 valence electrons. The zero-order valence-corrected chi connectivity index (χ0v) is 8.04. The van der Waals surface area contributed by atoms with Crippen molar-refractivity contribution in [3.8, 4) is 0 Å². The molecule has 2 nitrogen and oxygen atoms in total. The molecule has 0 saturated heterocycles. The Morgan fingerprint density at radius 2 is 2.00 bits per heavy atom. The standard InChI is InChI=1S/C10H10O2S/c1-13-9(10(11)12)7-8-5-3-2-4-6-8/h2-7H,1H3,(H,11,12). The van der Waals surface area contributed by atoms with Crippen LogP contribution in [0.25, 0.3) is 6.08 Å². The molecular formula is C10H10O2S. The Bertz CT molecular complexity index is 317. The lowest BCUT2D eigenvalue weighted by Gasteiger charge is -1.96. The second kappa shape index (κ2) is 4.72. The quantitative estimate of drug-likeness (QED) is 0.751. The van der Waals surface area contributed by atoms with Crippen molar-refractivity contribution in [2.24, 2.45) is 0 Å². The van der Waals surface area contributed by atoms with Crippen LogP contribution >= 0.6 is 11.8 Å². The lowest BCUT2D eigenvalue weighted by Crippen LogP contribution is -1.95. The molecule has 1 rings (SSSR count). The number of hydrogen-bond acceptors (Lipinski definition) is 2. The van der Waals surface area contributed by atoms with E-state index in [0.717, 1.165) is 5.56 Å². The number of rotatable bonds is 3. The monoisotopic (exact) mass is 194 g/mol. The van der Waals surface area contributed by atoms with Crippen molar-refractivity contribution >= 4 is 23.8 Å². The number of benzene rings is 1. The summed E-state index contributed by atoms with van der Waals surface area (Å²) in [6.07, 6.45) is 3.41. The Kier molecular flexibility index (Phi) is 3.58. The van der Waals surface area contributed by atoms with E-state index < -0.39 is 5.97 Å². The fourth-order valence-corrected chi connectivity index (χ4v) is 1.34. The molecule has 0 bridgehead atoms. The second-order valence-corrected chi connectivity index (χ2v) is 3.28. The molecule has 0 radical (unpaired) electrons. The summed E-state index contributed by atoms with van der Waals surface area (Å²) in [6.45, 7) is 0. The van der Waals surface area contributed by atoms with E-state index in [-0.39, 0.29) is 0 Å². The van der Waals surface area contributed by atoms with Gasteiger partial charge >= 0.3 is 5.97 Å². The molecule has 0 heterocycles. The van der Waals surface area contributed by atoms with Crippen molar-refractivity contribution in [1.82, 2.24) is 0 Å². The van der Waals surface area contributed by atoms with Crippen LogP contribution in [0.5, 0.6) is 0 Å². The summed E-state index contributed by atoms with van der Waals surface area (Å²) in [5, 5.41) is 8.75. The molecule has 0 spiro atoms. The SMILES string of the molecule is CSC(=Cc1ccccc1)C(=O)O. The van der Waals surface area contributed by atoms with Crippen LogP contribution in [0, 0.1) is 0 Å². The third-order valence-corrected chi connectivity index (χ3v) is 2.26. The van der Waals surface area contributed by atoms with E-state index in [1.54, 1.807) is 12.3 Å². The molecule has 1 N–H and O–H groups in total. The zero-order valence-electron chi connectivity index (χ0n) is 7.23. The van der Waals surface area contributed by atoms with Gasteiger partial charge in [0.15, 0.2) is 0 Å². The van der Waals surface area contributed by atoms with Crippen LogP contribution in [0.4, 0.5) is 0 Å². The summed E-state index contributed by atoms with van der Waals surface area (Å²) < 4.78 is 0. The topological polar surface area (TPSA) is 37.3 Å². The van der Waals surface area contributed by atoms with E-state index >= 15 is 0 Å². The second-order valence-electron chi connectivity index (χ2n) is 2.43. The molecular weight excluding hydrogens is 184 g/mol. The number of hydrogen-bond donors (Lipinski definition) is 1. The highest BCUT2D eigenvalue weighted by Crippen LogP contribution is 2.15. The molecule has 0 aliphatic carbocycles. The van der Waals surface area contributed by atoms with Crippen LogP contribution in [-0.2, 0) is 4.79 Å². The zero-order chi connectivity index (χ0) is 9.68. The number of carboxylic acid groups (broad SMARTS) is 1. The van der Waals surface area contributed by atoms with Gasteiger partial charge in [0.25, 0.3) is 0 Å². The summed E-state index contributed by atoms with van der Waals surface area (Å²) >= 11 is 1.23. The third kappa shape index (κ3) is 2.95. The molecule has 1 aromatic rings. The minimum Gasteiger partial charge on any atom is -0.477 e. The van der Waals surface area contributed by atoms with Crippen LogP contribution in [0.2, 0.25) is 0 Å². The predicted molar refractivity (Wildman–Crippen MR) is 55.6 cm³/mol. The normalized spacial score (nSPS) is 11.3. The Balaban J connectivity index is 2.92. The van der Waals surface area contributed by atoms with Crippen LogP contribution in [0.1, 0.15) is 5.56 Å². The van der Waals surface area contributed by atoms with Gasteiger partial charge in [0.1, 0.15) is 0 Å². The minimum absolute atomic E-state index is 0.353. The van der Waals surface area contributed by atoms with E-state index in [9.17, 15) is 4.79 Å². The van der Waals surface area contributed by atoms with Crippen molar-refractivity contribution in [2.45, 2.75) is 0 Å². The largest absolute Gasteiger partial charge is 0.477 e. The molecule has 0 aliphatic rings. The van der Waals surface area contributed by atoms with Gasteiger partial charge in [-0.15, -0.1) is 11.8 Å². The van der Waals surface area contributed by atoms with Crippen LogP contribution in [0.3, 0.4) is 0 Å². The van der Waals surface area contributed by atoms with Crippen molar-refractivity contribution in [3.05, 3.63) is 40.8 Å². The summed E-state index contributed by atoms with van der Waals surface area (Å²) in [5.41, 5.74) is 0.911. The van der Waals surface area contributed by atoms with Gasteiger partial charge in [0.2, 0.25) is 0 Å². The highest BCUT2D eigenvalue weighted by Gasteiger charge is 2.04. The van der Waals surface area contributed by atoms with E-state index in [1.807, 2.05) is 30.3 Å². The molecule has 0 fully saturated rings. The van der Waals surface area contributed by atoms with E-state index in [2.05, 4.69) is 0 Å². The molecule has 0 aliphatic heterocycles. The molecule has 0 amide bonds. The first kappa shape index (κ1) is 9.86. The van der Waals surface area contributed by atoms with E-state index in [1.165, 1.54) is 11.8 Å². The number of carboxylic acids is 1.